The third-order valence-electron chi connectivity index (χ3n) is 3.45. The van der Waals surface area contributed by atoms with Crippen molar-refractivity contribution in [3.05, 3.63) is 59.7 Å². The molecule has 0 radical (unpaired) electrons. The van der Waals surface area contributed by atoms with Gasteiger partial charge in [0.1, 0.15) is 0 Å². The van der Waals surface area contributed by atoms with Crippen molar-refractivity contribution in [2.24, 2.45) is 9.98 Å². The van der Waals surface area contributed by atoms with E-state index in [4.69, 9.17) is 0 Å². The maximum atomic E-state index is 4.44. The Morgan fingerprint density at radius 2 is 1.81 bits per heavy atom. The Labute approximate surface area is 126 Å². The molecule has 0 saturated carbocycles. The molecule has 2 rings (SSSR count). The lowest BCUT2D eigenvalue weighted by atomic mass is 10.0. The zero-order valence-electron chi connectivity index (χ0n) is 12.9. The Hall–Kier alpha value is -2.42. The van der Waals surface area contributed by atoms with Gasteiger partial charge in [-0.3, -0.25) is 9.98 Å². The fraction of sp³-hybridized carbons (Fsp3) is 0.222. The Bertz CT molecular complexity index is 640. The highest BCUT2D eigenvalue weighted by Gasteiger charge is 2.06. The van der Waals surface area contributed by atoms with Crippen LogP contribution in [0.3, 0.4) is 0 Å². The van der Waals surface area contributed by atoms with Gasteiger partial charge in [0.2, 0.25) is 0 Å². The number of nitrogens with zero attached hydrogens (tertiary/aromatic N) is 3. The van der Waals surface area contributed by atoms with Gasteiger partial charge in [-0.2, -0.15) is 0 Å². The standard InChI is InChI=1S/C18H21N3/c1-19-16-10-8-15(9-11-16)18(20-2)13-14-6-5-7-17(12-14)21(3)4/h5-12H,1,13H2,2-4H3. The van der Waals surface area contributed by atoms with Gasteiger partial charge in [0.15, 0.2) is 0 Å². The fourth-order valence-corrected chi connectivity index (χ4v) is 2.21. The first-order chi connectivity index (χ1) is 10.1. The van der Waals surface area contributed by atoms with E-state index in [-0.39, 0.29) is 0 Å². The fourth-order valence-electron chi connectivity index (χ4n) is 2.21. The van der Waals surface area contributed by atoms with Crippen molar-refractivity contribution < 1.29 is 0 Å². The van der Waals surface area contributed by atoms with E-state index >= 15 is 0 Å². The summed E-state index contributed by atoms with van der Waals surface area (Å²) in [7, 11) is 5.94. The van der Waals surface area contributed by atoms with Crippen LogP contribution in [-0.2, 0) is 6.42 Å². The maximum absolute atomic E-state index is 4.44. The third-order valence-corrected chi connectivity index (χ3v) is 3.45. The van der Waals surface area contributed by atoms with E-state index in [9.17, 15) is 0 Å². The monoisotopic (exact) mass is 279 g/mol. The maximum Gasteiger partial charge on any atom is 0.0622 e. The molecule has 0 spiro atoms. The third kappa shape index (κ3) is 3.78. The lowest BCUT2D eigenvalue weighted by Crippen LogP contribution is -2.10. The van der Waals surface area contributed by atoms with E-state index < -0.39 is 0 Å². The molecule has 0 amide bonds. The molecule has 0 fully saturated rings. The van der Waals surface area contributed by atoms with Crippen LogP contribution < -0.4 is 4.90 Å². The molecule has 3 nitrogen and oxygen atoms in total. The molecule has 21 heavy (non-hydrogen) atoms. The van der Waals surface area contributed by atoms with Crippen LogP contribution in [0.4, 0.5) is 11.4 Å². The molecule has 0 atom stereocenters. The van der Waals surface area contributed by atoms with Gasteiger partial charge in [0.25, 0.3) is 0 Å². The first-order valence-electron chi connectivity index (χ1n) is 6.93. The zero-order valence-corrected chi connectivity index (χ0v) is 12.9. The summed E-state index contributed by atoms with van der Waals surface area (Å²) in [6, 6.07) is 16.5. The lowest BCUT2D eigenvalue weighted by Gasteiger charge is -2.14. The number of anilines is 1. The van der Waals surface area contributed by atoms with Crippen molar-refractivity contribution in [2.75, 3.05) is 26.0 Å². The summed E-state index contributed by atoms with van der Waals surface area (Å²) in [6.07, 6.45) is 0.818. The predicted octanol–water partition coefficient (Wildman–Crippen LogP) is 3.75. The van der Waals surface area contributed by atoms with Crippen LogP contribution in [-0.4, -0.2) is 33.6 Å². The second kappa shape index (κ2) is 6.84. The molecule has 0 bridgehead atoms. The molecule has 3 heteroatoms. The van der Waals surface area contributed by atoms with Crippen molar-refractivity contribution in [3.63, 3.8) is 0 Å². The van der Waals surface area contributed by atoms with Crippen molar-refractivity contribution in [2.45, 2.75) is 6.42 Å². The molecule has 0 N–H and O–H groups in total. The van der Waals surface area contributed by atoms with E-state index in [1.54, 1.807) is 0 Å². The van der Waals surface area contributed by atoms with Crippen molar-refractivity contribution >= 4 is 23.8 Å². The van der Waals surface area contributed by atoms with E-state index in [1.165, 1.54) is 11.3 Å². The molecule has 108 valence electrons. The minimum atomic E-state index is 0.818. The van der Waals surface area contributed by atoms with Crippen LogP contribution in [0.2, 0.25) is 0 Å². The number of aliphatic imine (C=N–C) groups is 2. The van der Waals surface area contributed by atoms with Crippen LogP contribution >= 0.6 is 0 Å². The Morgan fingerprint density at radius 3 is 2.38 bits per heavy atom. The average Bonchev–Trinajstić information content (AvgIpc) is 2.53. The number of hydrogen-bond donors (Lipinski definition) is 0. The first-order valence-corrected chi connectivity index (χ1v) is 6.93. The molecule has 2 aromatic rings. The van der Waals surface area contributed by atoms with E-state index in [0.717, 1.165) is 23.4 Å². The van der Waals surface area contributed by atoms with Crippen LogP contribution in [0.1, 0.15) is 11.1 Å². The summed E-state index contributed by atoms with van der Waals surface area (Å²) in [5, 5.41) is 0. The van der Waals surface area contributed by atoms with Gasteiger partial charge >= 0.3 is 0 Å². The minimum Gasteiger partial charge on any atom is -0.378 e. The highest BCUT2D eigenvalue weighted by Crippen LogP contribution is 2.17. The van der Waals surface area contributed by atoms with Crippen LogP contribution in [0.25, 0.3) is 0 Å². The summed E-state index contributed by atoms with van der Waals surface area (Å²) in [6.45, 7) is 3.53. The first kappa shape index (κ1) is 15.0. The quantitative estimate of drug-likeness (QED) is 0.766. The van der Waals surface area contributed by atoms with Gasteiger partial charge in [-0.25, -0.2) is 0 Å². The van der Waals surface area contributed by atoms with Crippen LogP contribution in [0.15, 0.2) is 58.5 Å². The molecule has 0 saturated heterocycles. The molecule has 0 aliphatic rings. The SMILES string of the molecule is C=Nc1ccc(C(Cc2cccc(N(C)C)c2)=NC)cc1. The second-order valence-electron chi connectivity index (χ2n) is 5.12. The number of benzene rings is 2. The van der Waals surface area contributed by atoms with Crippen LogP contribution in [0.5, 0.6) is 0 Å². The van der Waals surface area contributed by atoms with Crippen LogP contribution in [0, 0.1) is 0 Å². The zero-order chi connectivity index (χ0) is 15.2. The van der Waals surface area contributed by atoms with E-state index in [0.29, 0.717) is 0 Å². The predicted molar refractivity (Wildman–Crippen MR) is 92.6 cm³/mol. The van der Waals surface area contributed by atoms with Gasteiger partial charge in [-0.15, -0.1) is 0 Å². The Balaban J connectivity index is 2.22. The normalized spacial score (nSPS) is 11.3. The molecule has 2 aromatic carbocycles. The summed E-state index contributed by atoms with van der Waals surface area (Å²) in [5.74, 6) is 0. The lowest BCUT2D eigenvalue weighted by molar-refractivity contribution is 1.12. The largest absolute Gasteiger partial charge is 0.378 e. The Morgan fingerprint density at radius 1 is 1.10 bits per heavy atom. The molecule has 0 aromatic heterocycles. The van der Waals surface area contributed by atoms with Gasteiger partial charge in [-0.1, -0.05) is 24.3 Å². The topological polar surface area (TPSA) is 28.0 Å². The summed E-state index contributed by atoms with van der Waals surface area (Å²) in [4.78, 5) is 10.5. The highest BCUT2D eigenvalue weighted by atomic mass is 15.1. The average molecular weight is 279 g/mol. The Kier molecular flexibility index (Phi) is 4.88. The smallest absolute Gasteiger partial charge is 0.0622 e. The molecular weight excluding hydrogens is 258 g/mol. The summed E-state index contributed by atoms with van der Waals surface area (Å²) < 4.78 is 0. The number of hydrogen-bond acceptors (Lipinski definition) is 3. The van der Waals surface area contributed by atoms with Gasteiger partial charge in [-0.05, 0) is 42.1 Å². The van der Waals surface area contributed by atoms with Gasteiger partial charge in [0.05, 0.1) is 5.69 Å². The highest BCUT2D eigenvalue weighted by molar-refractivity contribution is 6.02. The summed E-state index contributed by atoms with van der Waals surface area (Å²) in [5.41, 5.74) is 5.53. The van der Waals surface area contributed by atoms with Crippen molar-refractivity contribution in [1.29, 1.82) is 0 Å². The second-order valence-corrected chi connectivity index (χ2v) is 5.12. The summed E-state index contributed by atoms with van der Waals surface area (Å²) >= 11 is 0. The van der Waals surface area contributed by atoms with E-state index in [1.807, 2.05) is 31.3 Å². The molecule has 0 aliphatic heterocycles. The molecule has 0 heterocycles. The molecule has 0 aliphatic carbocycles. The van der Waals surface area contributed by atoms with Gasteiger partial charge in [0, 0.05) is 39.0 Å². The van der Waals surface area contributed by atoms with Crippen molar-refractivity contribution in [1.82, 2.24) is 0 Å². The van der Waals surface area contributed by atoms with Gasteiger partial charge < -0.3 is 4.90 Å². The van der Waals surface area contributed by atoms with Crippen molar-refractivity contribution in [3.8, 4) is 0 Å². The minimum absolute atomic E-state index is 0.818. The molecule has 0 unspecified atom stereocenters. The molecular formula is C18H21N3. The van der Waals surface area contributed by atoms with E-state index in [2.05, 4.69) is 60.0 Å². The number of rotatable bonds is 5.